The summed E-state index contributed by atoms with van der Waals surface area (Å²) in [5.41, 5.74) is 1.71. The molecule has 1 unspecified atom stereocenters. The molecular weight excluding hydrogens is 520 g/mol. The summed E-state index contributed by atoms with van der Waals surface area (Å²) in [5, 5.41) is 4.46. The zero-order chi connectivity index (χ0) is 26.3. The first-order valence-corrected chi connectivity index (χ1v) is 12.6. The van der Waals surface area contributed by atoms with Gasteiger partial charge in [0.05, 0.1) is 23.5 Å². The number of H-pyrrole nitrogens is 1. The van der Waals surface area contributed by atoms with Gasteiger partial charge >= 0.3 is 5.69 Å². The van der Waals surface area contributed by atoms with Gasteiger partial charge in [-0.3, -0.25) is 4.98 Å². The van der Waals surface area contributed by atoms with Crippen molar-refractivity contribution in [3.05, 3.63) is 68.6 Å². The molecule has 0 amide bonds. The summed E-state index contributed by atoms with van der Waals surface area (Å²) in [6.45, 7) is 6.56. The Hall–Kier alpha value is -3.50. The van der Waals surface area contributed by atoms with E-state index in [2.05, 4.69) is 38.9 Å². The van der Waals surface area contributed by atoms with Crippen LogP contribution in [-0.2, 0) is 0 Å². The van der Waals surface area contributed by atoms with Crippen molar-refractivity contribution in [1.29, 1.82) is 0 Å². The van der Waals surface area contributed by atoms with Gasteiger partial charge in [0, 0.05) is 34.0 Å². The molecule has 37 heavy (non-hydrogen) atoms. The zero-order valence-corrected chi connectivity index (χ0v) is 21.9. The molecule has 1 atom stereocenters. The highest BCUT2D eigenvalue weighted by atomic mass is 35.5. The number of aliphatic imine (C=N–C) groups is 2. The van der Waals surface area contributed by atoms with Gasteiger partial charge in [-0.25, -0.2) is 28.8 Å². The standard InChI is InChI=1S/C25H24Cl2FN7O2/c1-4-25(5-2)12-29-23(30-13-25)34-11-15(10-31-34)18-8-9-19-22(32-18)33-24(36)35(19)37-14(3)20-16(26)6-7-17(28)21(20)27/h6-12,14H,4-5,13H2,1-3H3,(H,32,33,36). The number of aromatic nitrogens is 5. The minimum atomic E-state index is -0.818. The fraction of sp³-hybridized carbons (Fsp3) is 0.320. The third kappa shape index (κ3) is 4.55. The van der Waals surface area contributed by atoms with Gasteiger partial charge in [-0.2, -0.15) is 5.10 Å². The molecule has 4 heterocycles. The lowest BCUT2D eigenvalue weighted by atomic mass is 9.83. The molecule has 1 aliphatic heterocycles. The number of rotatable bonds is 6. The Kier molecular flexibility index (Phi) is 6.63. The van der Waals surface area contributed by atoms with E-state index < -0.39 is 17.6 Å². The van der Waals surface area contributed by atoms with E-state index in [1.807, 2.05) is 6.21 Å². The van der Waals surface area contributed by atoms with Crippen LogP contribution in [0.25, 0.3) is 22.4 Å². The lowest BCUT2D eigenvalue weighted by Gasteiger charge is -2.27. The van der Waals surface area contributed by atoms with Gasteiger partial charge in [-0.05, 0) is 44.0 Å². The number of fused-ring (bicyclic) bond motifs is 1. The van der Waals surface area contributed by atoms with Crippen LogP contribution in [0.3, 0.4) is 0 Å². The van der Waals surface area contributed by atoms with E-state index in [1.165, 1.54) is 12.1 Å². The Balaban J connectivity index is 1.41. The second-order valence-corrected chi connectivity index (χ2v) is 9.70. The Morgan fingerprint density at radius 1 is 1.22 bits per heavy atom. The molecule has 3 aromatic heterocycles. The highest BCUT2D eigenvalue weighted by Crippen LogP contribution is 2.33. The van der Waals surface area contributed by atoms with Crippen LogP contribution < -0.4 is 10.5 Å². The molecule has 0 saturated carbocycles. The van der Waals surface area contributed by atoms with E-state index >= 15 is 0 Å². The molecule has 0 aliphatic carbocycles. The normalized spacial score (nSPS) is 15.7. The van der Waals surface area contributed by atoms with Crippen molar-refractivity contribution in [1.82, 2.24) is 24.5 Å². The summed E-state index contributed by atoms with van der Waals surface area (Å²) < 4.78 is 16.6. The molecule has 1 N–H and O–H groups in total. The smallest absolute Gasteiger partial charge is 0.360 e. The minimum Gasteiger partial charge on any atom is -0.401 e. The molecule has 0 spiro atoms. The molecule has 1 aromatic carbocycles. The average Bonchev–Trinajstić information content (AvgIpc) is 3.51. The number of hydrogen-bond donors (Lipinski definition) is 1. The molecule has 0 radical (unpaired) electrons. The maximum Gasteiger partial charge on any atom is 0.360 e. The van der Waals surface area contributed by atoms with E-state index in [9.17, 15) is 9.18 Å². The molecule has 4 aromatic rings. The maximum atomic E-state index is 14.0. The average molecular weight is 544 g/mol. The Bertz CT molecular complexity index is 1600. The summed E-state index contributed by atoms with van der Waals surface area (Å²) in [6, 6.07) is 6.00. The summed E-state index contributed by atoms with van der Waals surface area (Å²) in [6.07, 6.45) is 6.55. The molecule has 9 nitrogen and oxygen atoms in total. The summed E-state index contributed by atoms with van der Waals surface area (Å²) in [7, 11) is 0. The lowest BCUT2D eigenvalue weighted by Crippen LogP contribution is -2.30. The molecule has 1 aliphatic rings. The van der Waals surface area contributed by atoms with Crippen molar-refractivity contribution in [3.8, 4) is 11.3 Å². The number of aromatic amines is 1. The van der Waals surface area contributed by atoms with E-state index in [0.29, 0.717) is 29.4 Å². The van der Waals surface area contributed by atoms with Crippen LogP contribution in [-0.4, -0.2) is 43.2 Å². The highest BCUT2D eigenvalue weighted by Gasteiger charge is 2.27. The largest absolute Gasteiger partial charge is 0.401 e. The number of nitrogens with one attached hydrogen (secondary N) is 1. The molecule has 0 fully saturated rings. The van der Waals surface area contributed by atoms with E-state index in [-0.39, 0.29) is 21.0 Å². The molecule has 0 bridgehead atoms. The number of pyridine rings is 1. The Morgan fingerprint density at radius 2 is 2.00 bits per heavy atom. The molecular formula is C25H24Cl2FN7O2. The van der Waals surface area contributed by atoms with Crippen LogP contribution in [0.15, 0.2) is 51.4 Å². The van der Waals surface area contributed by atoms with E-state index in [0.717, 1.165) is 23.1 Å². The maximum absolute atomic E-state index is 14.0. The van der Waals surface area contributed by atoms with Gasteiger partial charge in [0.2, 0.25) is 5.96 Å². The SMILES string of the molecule is CCC1(CC)C=NC(n2cc(-c3ccc4c(n3)[nH]c(=O)n4OC(C)c3c(Cl)ccc(F)c3Cl)cn2)=NC1. The Labute approximate surface area is 221 Å². The monoisotopic (exact) mass is 543 g/mol. The first kappa shape index (κ1) is 25.2. The third-order valence-corrected chi connectivity index (χ3v) is 7.45. The highest BCUT2D eigenvalue weighted by molar-refractivity contribution is 6.36. The van der Waals surface area contributed by atoms with Crippen molar-refractivity contribution >= 4 is 46.5 Å². The number of halogens is 3. The second-order valence-electron chi connectivity index (χ2n) is 8.91. The first-order chi connectivity index (χ1) is 17.7. The van der Waals surface area contributed by atoms with Crippen molar-refractivity contribution in [3.63, 3.8) is 0 Å². The number of imidazole rings is 1. The van der Waals surface area contributed by atoms with Crippen molar-refractivity contribution in [2.24, 2.45) is 15.4 Å². The molecule has 5 rings (SSSR count). The molecule has 12 heteroatoms. The van der Waals surface area contributed by atoms with Crippen LogP contribution in [0.2, 0.25) is 10.0 Å². The topological polar surface area (TPSA) is 102 Å². The van der Waals surface area contributed by atoms with Crippen molar-refractivity contribution in [2.45, 2.75) is 39.7 Å². The van der Waals surface area contributed by atoms with Gasteiger partial charge in [0.25, 0.3) is 0 Å². The van der Waals surface area contributed by atoms with Gasteiger partial charge in [-0.15, -0.1) is 4.73 Å². The number of nitrogens with zero attached hydrogens (tertiary/aromatic N) is 6. The van der Waals surface area contributed by atoms with Crippen LogP contribution >= 0.6 is 23.2 Å². The molecule has 0 saturated heterocycles. The predicted molar refractivity (Wildman–Crippen MR) is 142 cm³/mol. The first-order valence-electron chi connectivity index (χ1n) is 11.8. The van der Waals surface area contributed by atoms with Crippen LogP contribution in [0.4, 0.5) is 4.39 Å². The van der Waals surface area contributed by atoms with Crippen LogP contribution in [0, 0.1) is 11.2 Å². The summed E-state index contributed by atoms with van der Waals surface area (Å²) in [5.74, 6) is -0.115. The number of hydrogen-bond acceptors (Lipinski definition) is 6. The second kappa shape index (κ2) is 9.75. The van der Waals surface area contributed by atoms with Crippen molar-refractivity contribution < 1.29 is 9.23 Å². The van der Waals surface area contributed by atoms with E-state index in [4.69, 9.17) is 28.0 Å². The van der Waals surface area contributed by atoms with Crippen molar-refractivity contribution in [2.75, 3.05) is 6.54 Å². The summed E-state index contributed by atoms with van der Waals surface area (Å²) >= 11 is 12.3. The fourth-order valence-corrected chi connectivity index (χ4v) is 4.90. The number of benzene rings is 1. The zero-order valence-electron chi connectivity index (χ0n) is 20.4. The van der Waals surface area contributed by atoms with Gasteiger partial charge in [0.15, 0.2) is 11.8 Å². The van der Waals surface area contributed by atoms with Gasteiger partial charge in [-0.1, -0.05) is 37.0 Å². The van der Waals surface area contributed by atoms with Gasteiger partial charge < -0.3 is 4.84 Å². The minimum absolute atomic E-state index is 0.00396. The quantitative estimate of drug-likeness (QED) is 0.332. The molecule has 192 valence electrons. The van der Waals surface area contributed by atoms with E-state index in [1.54, 1.807) is 36.1 Å². The van der Waals surface area contributed by atoms with Gasteiger partial charge in [0.1, 0.15) is 11.3 Å². The third-order valence-electron chi connectivity index (χ3n) is 6.73. The predicted octanol–water partition coefficient (Wildman–Crippen LogP) is 5.32. The fourth-order valence-electron chi connectivity index (χ4n) is 4.22. The van der Waals surface area contributed by atoms with Crippen LogP contribution in [0.5, 0.6) is 0 Å². The summed E-state index contributed by atoms with van der Waals surface area (Å²) in [4.78, 5) is 34.9. The Morgan fingerprint density at radius 3 is 2.70 bits per heavy atom. The lowest BCUT2D eigenvalue weighted by molar-refractivity contribution is 0.0492. The van der Waals surface area contributed by atoms with Crippen LogP contribution in [0.1, 0.15) is 45.3 Å².